The van der Waals surface area contributed by atoms with Crippen LogP contribution in [0.15, 0.2) is 66.0 Å². The Morgan fingerprint density at radius 2 is 1.82 bits per heavy atom. The molecule has 0 radical (unpaired) electrons. The van der Waals surface area contributed by atoms with Gasteiger partial charge in [0, 0.05) is 37.6 Å². The van der Waals surface area contributed by atoms with Crippen LogP contribution in [0.5, 0.6) is 0 Å². The highest BCUT2D eigenvalue weighted by molar-refractivity contribution is 5.73. The highest BCUT2D eigenvalue weighted by Gasteiger charge is 2.10. The molecule has 140 valence electrons. The van der Waals surface area contributed by atoms with Gasteiger partial charge in [-0.25, -0.2) is 14.4 Å². The van der Waals surface area contributed by atoms with Crippen molar-refractivity contribution in [3.05, 3.63) is 82.9 Å². The molecule has 0 fully saturated rings. The van der Waals surface area contributed by atoms with Crippen molar-refractivity contribution in [3.63, 3.8) is 0 Å². The Balaban J connectivity index is 1.68. The van der Waals surface area contributed by atoms with E-state index in [1.165, 1.54) is 16.8 Å². The standard InChI is InChI=1S/C21H18FN5O/c1-26(2)20-6-5-15(10-25-20)14-3-4-16(17(22)9-14)13-27-19-11-23-8-7-18(19)24-12-21(27)28/h3-12H,13H2,1-2H3. The van der Waals surface area contributed by atoms with Crippen LogP contribution >= 0.6 is 0 Å². The first-order valence-electron chi connectivity index (χ1n) is 8.74. The van der Waals surface area contributed by atoms with Gasteiger partial charge in [-0.2, -0.15) is 0 Å². The number of aromatic nitrogens is 4. The van der Waals surface area contributed by atoms with Gasteiger partial charge in [0.15, 0.2) is 0 Å². The lowest BCUT2D eigenvalue weighted by atomic mass is 10.0. The molecule has 4 aromatic rings. The zero-order chi connectivity index (χ0) is 19.7. The van der Waals surface area contributed by atoms with Gasteiger partial charge < -0.3 is 4.90 Å². The molecule has 0 aliphatic rings. The third kappa shape index (κ3) is 3.34. The maximum Gasteiger partial charge on any atom is 0.269 e. The van der Waals surface area contributed by atoms with Crippen molar-refractivity contribution in [2.45, 2.75) is 6.54 Å². The van der Waals surface area contributed by atoms with Crippen LogP contribution in [0.2, 0.25) is 0 Å². The zero-order valence-corrected chi connectivity index (χ0v) is 15.5. The average Bonchev–Trinajstić information content (AvgIpc) is 2.71. The lowest BCUT2D eigenvalue weighted by Gasteiger charge is -2.12. The van der Waals surface area contributed by atoms with E-state index >= 15 is 0 Å². The molecule has 0 unspecified atom stereocenters. The largest absolute Gasteiger partial charge is 0.363 e. The second kappa shape index (κ2) is 7.19. The minimum absolute atomic E-state index is 0.105. The Morgan fingerprint density at radius 3 is 2.54 bits per heavy atom. The minimum atomic E-state index is -0.380. The molecule has 0 saturated heterocycles. The summed E-state index contributed by atoms with van der Waals surface area (Å²) in [5.41, 5.74) is 2.88. The van der Waals surface area contributed by atoms with Gasteiger partial charge in [-0.15, -0.1) is 0 Å². The molecule has 0 saturated carbocycles. The summed E-state index contributed by atoms with van der Waals surface area (Å²) in [5.74, 6) is 0.452. The number of halogens is 1. The molecule has 0 bridgehead atoms. The van der Waals surface area contributed by atoms with Gasteiger partial charge in [-0.1, -0.05) is 12.1 Å². The highest BCUT2D eigenvalue weighted by atomic mass is 19.1. The van der Waals surface area contributed by atoms with Crippen LogP contribution in [-0.4, -0.2) is 33.6 Å². The zero-order valence-electron chi connectivity index (χ0n) is 15.5. The van der Waals surface area contributed by atoms with Gasteiger partial charge in [0.05, 0.1) is 30.0 Å². The summed E-state index contributed by atoms with van der Waals surface area (Å²) < 4.78 is 16.3. The number of nitrogens with zero attached hydrogens (tertiary/aromatic N) is 5. The Morgan fingerprint density at radius 1 is 1.00 bits per heavy atom. The van der Waals surface area contributed by atoms with Crippen molar-refractivity contribution < 1.29 is 4.39 Å². The van der Waals surface area contributed by atoms with E-state index in [9.17, 15) is 9.18 Å². The summed E-state index contributed by atoms with van der Waals surface area (Å²) in [4.78, 5) is 26.7. The molecule has 0 atom stereocenters. The Bertz CT molecular complexity index is 1200. The van der Waals surface area contributed by atoms with Crippen molar-refractivity contribution in [1.82, 2.24) is 19.5 Å². The average molecular weight is 375 g/mol. The number of fused-ring (bicyclic) bond motifs is 1. The molecule has 7 heteroatoms. The van der Waals surface area contributed by atoms with Crippen LogP contribution in [0.3, 0.4) is 0 Å². The monoisotopic (exact) mass is 375 g/mol. The van der Waals surface area contributed by atoms with E-state index in [2.05, 4.69) is 15.0 Å². The van der Waals surface area contributed by atoms with E-state index in [1.54, 1.807) is 30.7 Å². The summed E-state index contributed by atoms with van der Waals surface area (Å²) in [6.07, 6.45) is 6.13. The number of hydrogen-bond acceptors (Lipinski definition) is 5. The summed E-state index contributed by atoms with van der Waals surface area (Å²) in [6, 6.07) is 10.5. The van der Waals surface area contributed by atoms with E-state index in [-0.39, 0.29) is 17.9 Å². The van der Waals surface area contributed by atoms with Gasteiger partial charge in [-0.05, 0) is 29.8 Å². The summed E-state index contributed by atoms with van der Waals surface area (Å²) in [7, 11) is 3.83. The molecule has 0 aliphatic heterocycles. The van der Waals surface area contributed by atoms with Crippen molar-refractivity contribution in [2.24, 2.45) is 0 Å². The smallest absolute Gasteiger partial charge is 0.269 e. The predicted octanol–water partition coefficient (Wildman–Crippen LogP) is 3.11. The first kappa shape index (κ1) is 17.8. The fourth-order valence-corrected chi connectivity index (χ4v) is 3.02. The molecule has 0 N–H and O–H groups in total. The van der Waals surface area contributed by atoms with Crippen molar-refractivity contribution >= 4 is 16.9 Å². The molecule has 1 aromatic carbocycles. The van der Waals surface area contributed by atoms with E-state index in [0.29, 0.717) is 16.6 Å². The lowest BCUT2D eigenvalue weighted by molar-refractivity contribution is 0.599. The van der Waals surface area contributed by atoms with Crippen LogP contribution in [0.1, 0.15) is 5.56 Å². The maximum absolute atomic E-state index is 14.8. The molecule has 3 heterocycles. The molecule has 3 aromatic heterocycles. The molecular formula is C21H18FN5O. The van der Waals surface area contributed by atoms with E-state index in [4.69, 9.17) is 0 Å². The van der Waals surface area contributed by atoms with Gasteiger partial charge in [0.1, 0.15) is 11.6 Å². The molecule has 0 aliphatic carbocycles. The SMILES string of the molecule is CN(C)c1ccc(-c2ccc(Cn3c(=O)cnc4ccncc43)c(F)c2)cn1. The van der Waals surface area contributed by atoms with Crippen molar-refractivity contribution in [1.29, 1.82) is 0 Å². The molecule has 28 heavy (non-hydrogen) atoms. The number of pyridine rings is 2. The summed E-state index contributed by atoms with van der Waals surface area (Å²) in [5, 5.41) is 0. The first-order chi connectivity index (χ1) is 13.5. The third-order valence-corrected chi connectivity index (χ3v) is 4.57. The first-order valence-corrected chi connectivity index (χ1v) is 8.74. The highest BCUT2D eigenvalue weighted by Crippen LogP contribution is 2.23. The Labute approximate surface area is 160 Å². The summed E-state index contributed by atoms with van der Waals surface area (Å²) in [6.45, 7) is 0.105. The minimum Gasteiger partial charge on any atom is -0.363 e. The molecular weight excluding hydrogens is 357 g/mol. The van der Waals surface area contributed by atoms with Crippen molar-refractivity contribution in [2.75, 3.05) is 19.0 Å². The topological polar surface area (TPSA) is 63.9 Å². The fraction of sp³-hybridized carbons (Fsp3) is 0.143. The molecule has 0 amide bonds. The molecule has 0 spiro atoms. The van der Waals surface area contributed by atoms with Crippen LogP contribution in [0.25, 0.3) is 22.2 Å². The molecule has 4 rings (SSSR count). The fourth-order valence-electron chi connectivity index (χ4n) is 3.02. The van der Waals surface area contributed by atoms with Crippen LogP contribution < -0.4 is 10.5 Å². The van der Waals surface area contributed by atoms with Gasteiger partial charge in [0.25, 0.3) is 5.56 Å². The van der Waals surface area contributed by atoms with Crippen molar-refractivity contribution in [3.8, 4) is 11.1 Å². The third-order valence-electron chi connectivity index (χ3n) is 4.57. The number of rotatable bonds is 4. The number of anilines is 1. The predicted molar refractivity (Wildman–Crippen MR) is 107 cm³/mol. The normalized spacial score (nSPS) is 11.0. The number of benzene rings is 1. The summed E-state index contributed by atoms with van der Waals surface area (Å²) >= 11 is 0. The van der Waals surface area contributed by atoms with Gasteiger partial charge in [0.2, 0.25) is 0 Å². The maximum atomic E-state index is 14.8. The van der Waals surface area contributed by atoms with Crippen LogP contribution in [0, 0.1) is 5.82 Å². The lowest BCUT2D eigenvalue weighted by Crippen LogP contribution is -2.21. The van der Waals surface area contributed by atoms with E-state index in [0.717, 1.165) is 16.9 Å². The second-order valence-corrected chi connectivity index (χ2v) is 6.65. The van der Waals surface area contributed by atoms with Crippen LogP contribution in [0.4, 0.5) is 10.2 Å². The van der Waals surface area contributed by atoms with E-state index < -0.39 is 0 Å². The van der Waals surface area contributed by atoms with Crippen LogP contribution in [-0.2, 0) is 6.54 Å². The van der Waals surface area contributed by atoms with E-state index in [1.807, 2.05) is 37.2 Å². The molecule has 6 nitrogen and oxygen atoms in total. The second-order valence-electron chi connectivity index (χ2n) is 6.65. The van der Waals surface area contributed by atoms with Gasteiger partial charge in [-0.3, -0.25) is 14.3 Å². The Kier molecular flexibility index (Phi) is 4.57. The number of hydrogen-bond donors (Lipinski definition) is 0. The quantitative estimate of drug-likeness (QED) is 0.548. The van der Waals surface area contributed by atoms with Gasteiger partial charge >= 0.3 is 0 Å². The Hall–Kier alpha value is -3.61.